The molecule has 7 heteroatoms. The molecular weight excluding hydrogens is 538 g/mol. The van der Waals surface area contributed by atoms with Crippen molar-refractivity contribution in [3.8, 4) is 5.75 Å². The van der Waals surface area contributed by atoms with Crippen LogP contribution in [0.2, 0.25) is 0 Å². The van der Waals surface area contributed by atoms with Gasteiger partial charge in [0.1, 0.15) is 18.2 Å². The molecule has 38 heavy (non-hydrogen) atoms. The summed E-state index contributed by atoms with van der Waals surface area (Å²) in [5.74, 6) is 3.55. The normalized spacial score (nSPS) is 19.0. The van der Waals surface area contributed by atoms with Gasteiger partial charge in [-0.2, -0.15) is 4.98 Å². The molecule has 6 nitrogen and oxygen atoms in total. The Hall–Kier alpha value is -2.64. The van der Waals surface area contributed by atoms with Crippen LogP contribution < -0.4 is 20.3 Å². The Morgan fingerprint density at radius 2 is 1.61 bits per heavy atom. The number of hydrogen-bond donors (Lipinski definition) is 2. The van der Waals surface area contributed by atoms with E-state index in [9.17, 15) is 0 Å². The van der Waals surface area contributed by atoms with E-state index in [0.29, 0.717) is 12.6 Å². The van der Waals surface area contributed by atoms with Crippen LogP contribution in [-0.2, 0) is 26.0 Å². The molecule has 1 fully saturated rings. The number of nitrogens with one attached hydrogen (secondary N) is 2. The second kappa shape index (κ2) is 12.9. The quantitative estimate of drug-likeness (QED) is 0.286. The Kier molecular flexibility index (Phi) is 9.18. The fourth-order valence-electron chi connectivity index (χ4n) is 5.57. The van der Waals surface area contributed by atoms with Crippen molar-refractivity contribution >= 4 is 27.7 Å². The monoisotopic (exact) mass is 577 g/mol. The molecule has 0 bridgehead atoms. The van der Waals surface area contributed by atoms with Crippen molar-refractivity contribution in [2.75, 3.05) is 30.9 Å². The zero-order valence-corrected chi connectivity index (χ0v) is 24.3. The third kappa shape index (κ3) is 7.26. The van der Waals surface area contributed by atoms with Crippen molar-refractivity contribution in [2.24, 2.45) is 5.92 Å². The molecule has 1 heterocycles. The first-order chi connectivity index (χ1) is 18.5. The summed E-state index contributed by atoms with van der Waals surface area (Å²) in [5, 5.41) is 7.35. The second-order valence-electron chi connectivity index (χ2n) is 10.9. The highest BCUT2D eigenvalue weighted by atomic mass is 79.9. The molecule has 202 valence electrons. The van der Waals surface area contributed by atoms with Crippen molar-refractivity contribution in [3.05, 3.63) is 75.4 Å². The molecule has 2 aromatic carbocycles. The lowest BCUT2D eigenvalue weighted by molar-refractivity contribution is 0.306. The summed E-state index contributed by atoms with van der Waals surface area (Å²) in [6.45, 7) is 2.54. The number of halogens is 1. The van der Waals surface area contributed by atoms with Crippen LogP contribution in [0.5, 0.6) is 5.75 Å². The minimum absolute atomic E-state index is 0.466. The number of hydrogen-bond acceptors (Lipinski definition) is 6. The highest BCUT2D eigenvalue weighted by molar-refractivity contribution is 9.10. The number of ether oxygens (including phenoxy) is 1. The van der Waals surface area contributed by atoms with Crippen molar-refractivity contribution in [1.29, 1.82) is 0 Å². The predicted molar refractivity (Wildman–Crippen MR) is 159 cm³/mol. The number of benzene rings is 2. The first-order valence-electron chi connectivity index (χ1n) is 14.0. The summed E-state index contributed by atoms with van der Waals surface area (Å²) >= 11 is 3.47. The van der Waals surface area contributed by atoms with Gasteiger partial charge in [-0.1, -0.05) is 40.2 Å². The van der Waals surface area contributed by atoms with Crippen molar-refractivity contribution in [3.63, 3.8) is 0 Å². The average Bonchev–Trinajstić information content (AvgIpc) is 2.94. The maximum absolute atomic E-state index is 5.93. The fourth-order valence-corrected chi connectivity index (χ4v) is 5.84. The van der Waals surface area contributed by atoms with Crippen LogP contribution >= 0.6 is 15.9 Å². The zero-order valence-electron chi connectivity index (χ0n) is 22.7. The molecule has 1 saturated carbocycles. The average molecular weight is 579 g/mol. The van der Waals surface area contributed by atoms with E-state index in [-0.39, 0.29) is 0 Å². The van der Waals surface area contributed by atoms with Crippen molar-refractivity contribution < 1.29 is 4.74 Å². The lowest BCUT2D eigenvalue weighted by atomic mass is 9.86. The van der Waals surface area contributed by atoms with Gasteiger partial charge >= 0.3 is 0 Å². The smallest absolute Gasteiger partial charge is 0.225 e. The number of anilines is 2. The predicted octanol–water partition coefficient (Wildman–Crippen LogP) is 6.52. The van der Waals surface area contributed by atoms with Gasteiger partial charge in [0, 0.05) is 36.7 Å². The van der Waals surface area contributed by atoms with Crippen LogP contribution in [0, 0.1) is 5.92 Å². The van der Waals surface area contributed by atoms with Gasteiger partial charge in [-0.3, -0.25) is 0 Å². The van der Waals surface area contributed by atoms with Gasteiger partial charge in [-0.15, -0.1) is 0 Å². The molecule has 0 atom stereocenters. The van der Waals surface area contributed by atoms with E-state index >= 15 is 0 Å². The molecule has 2 N–H and O–H groups in total. The van der Waals surface area contributed by atoms with Gasteiger partial charge in [-0.25, -0.2) is 4.98 Å². The number of rotatable bonds is 10. The largest absolute Gasteiger partial charge is 0.489 e. The van der Waals surface area contributed by atoms with E-state index in [1.807, 2.05) is 12.1 Å². The van der Waals surface area contributed by atoms with E-state index in [2.05, 4.69) is 82.0 Å². The second-order valence-corrected chi connectivity index (χ2v) is 11.9. The van der Waals surface area contributed by atoms with Crippen LogP contribution in [0.1, 0.15) is 60.9 Å². The van der Waals surface area contributed by atoms with E-state index in [1.165, 1.54) is 55.3 Å². The van der Waals surface area contributed by atoms with Crippen LogP contribution in [0.4, 0.5) is 11.8 Å². The van der Waals surface area contributed by atoms with Gasteiger partial charge < -0.3 is 20.3 Å². The molecule has 0 aliphatic heterocycles. The maximum Gasteiger partial charge on any atom is 0.225 e. The molecular formula is C31H40BrN5O. The lowest BCUT2D eigenvalue weighted by Crippen LogP contribution is -2.32. The van der Waals surface area contributed by atoms with Gasteiger partial charge in [0.25, 0.3) is 0 Å². The first-order valence-corrected chi connectivity index (χ1v) is 14.8. The van der Waals surface area contributed by atoms with Crippen molar-refractivity contribution in [1.82, 2.24) is 15.3 Å². The highest BCUT2D eigenvalue weighted by Gasteiger charge is 2.24. The molecule has 0 spiro atoms. The Balaban J connectivity index is 1.03. The topological polar surface area (TPSA) is 62.3 Å². The van der Waals surface area contributed by atoms with Crippen LogP contribution in [0.3, 0.4) is 0 Å². The first kappa shape index (κ1) is 26.9. The Labute approximate surface area is 235 Å². The highest BCUT2D eigenvalue weighted by Crippen LogP contribution is 2.30. The lowest BCUT2D eigenvalue weighted by Gasteiger charge is -2.30. The summed E-state index contributed by atoms with van der Waals surface area (Å²) in [6, 6.07) is 17.2. The maximum atomic E-state index is 5.93. The number of nitrogens with zero attached hydrogens (tertiary/aromatic N) is 3. The zero-order chi connectivity index (χ0) is 26.3. The molecule has 2 aliphatic carbocycles. The minimum Gasteiger partial charge on any atom is -0.489 e. The standard InChI is InChI=1S/C31H40BrN5O/c1-37(2)30-28-5-3-4-6-29(28)35-31(36-30)34-26-15-9-22(10-16-26)19-33-20-23-11-17-27(18-12-23)38-21-24-7-13-25(32)14-8-24/h7-8,11-14,17-18,22,26,33H,3-6,9-10,15-16,19-21H2,1-2H3,(H,34,35,36). The third-order valence-electron chi connectivity index (χ3n) is 7.77. The Bertz CT molecular complexity index is 1170. The summed E-state index contributed by atoms with van der Waals surface area (Å²) in [4.78, 5) is 12.0. The number of aromatic nitrogens is 2. The molecule has 0 unspecified atom stereocenters. The molecule has 1 aromatic heterocycles. The molecule has 0 amide bonds. The number of fused-ring (bicyclic) bond motifs is 1. The van der Waals surface area contributed by atoms with Crippen LogP contribution in [0.15, 0.2) is 53.0 Å². The summed E-state index contributed by atoms with van der Waals surface area (Å²) < 4.78 is 7.02. The number of aryl methyl sites for hydroxylation is 1. The van der Waals surface area contributed by atoms with E-state index < -0.39 is 0 Å². The third-order valence-corrected chi connectivity index (χ3v) is 8.30. The Morgan fingerprint density at radius 1 is 0.895 bits per heavy atom. The molecule has 0 saturated heterocycles. The van der Waals surface area contributed by atoms with E-state index in [1.54, 1.807) is 0 Å². The van der Waals surface area contributed by atoms with Crippen LogP contribution in [0.25, 0.3) is 0 Å². The van der Waals surface area contributed by atoms with E-state index in [4.69, 9.17) is 14.7 Å². The van der Waals surface area contributed by atoms with Crippen molar-refractivity contribution in [2.45, 2.75) is 70.6 Å². The van der Waals surface area contributed by atoms with Gasteiger partial charge in [0.2, 0.25) is 5.95 Å². The minimum atomic E-state index is 0.466. The summed E-state index contributed by atoms with van der Waals surface area (Å²) in [7, 11) is 4.18. The summed E-state index contributed by atoms with van der Waals surface area (Å²) in [5.41, 5.74) is 5.05. The van der Waals surface area contributed by atoms with E-state index in [0.717, 1.165) is 59.4 Å². The molecule has 2 aliphatic rings. The molecule has 5 rings (SSSR count). The molecule has 0 radical (unpaired) electrons. The fraction of sp³-hybridized carbons (Fsp3) is 0.484. The SMILES string of the molecule is CN(C)c1nc(NC2CCC(CNCc3ccc(OCc4ccc(Br)cc4)cc3)CC2)nc2c1CCCC2. The van der Waals surface area contributed by atoms with Gasteiger partial charge in [0.05, 0.1) is 5.69 Å². The van der Waals surface area contributed by atoms with Gasteiger partial charge in [0.15, 0.2) is 0 Å². The summed E-state index contributed by atoms with van der Waals surface area (Å²) in [6.07, 6.45) is 9.48. The molecule has 3 aromatic rings. The van der Waals surface area contributed by atoms with Crippen LogP contribution in [-0.4, -0.2) is 36.6 Å². The Morgan fingerprint density at radius 3 is 2.34 bits per heavy atom. The van der Waals surface area contributed by atoms with Gasteiger partial charge in [-0.05, 0) is 99.2 Å².